The average Bonchev–Trinajstić information content (AvgIpc) is 3.34. The van der Waals surface area contributed by atoms with Gasteiger partial charge in [0, 0.05) is 40.0 Å². The Morgan fingerprint density at radius 3 is 2.71 bits per heavy atom. The van der Waals surface area contributed by atoms with Gasteiger partial charge in [0.1, 0.15) is 5.75 Å². The van der Waals surface area contributed by atoms with Crippen molar-refractivity contribution in [1.29, 1.82) is 0 Å². The third-order valence-corrected chi connectivity index (χ3v) is 8.21. The number of ether oxygens (including phenoxy) is 1. The predicted octanol–water partition coefficient (Wildman–Crippen LogP) is 3.47. The Morgan fingerprint density at radius 1 is 1.23 bits per heavy atom. The quantitative estimate of drug-likeness (QED) is 0.447. The first-order chi connectivity index (χ1) is 15.2. The summed E-state index contributed by atoms with van der Waals surface area (Å²) >= 11 is 0. The van der Waals surface area contributed by atoms with Crippen molar-refractivity contribution in [2.75, 3.05) is 39.0 Å². The van der Waals surface area contributed by atoms with Crippen LogP contribution in [0.2, 0.25) is 0 Å². The van der Waals surface area contributed by atoms with Crippen molar-refractivity contribution in [1.82, 2.24) is 15.5 Å². The zero-order valence-electron chi connectivity index (χ0n) is 19.4. The van der Waals surface area contributed by atoms with E-state index in [1.54, 1.807) is 7.11 Å². The summed E-state index contributed by atoms with van der Waals surface area (Å²) in [6.07, 6.45) is 6.77. The second-order valence-electron chi connectivity index (χ2n) is 8.52. The highest BCUT2D eigenvalue weighted by Gasteiger charge is 2.28. The van der Waals surface area contributed by atoms with Gasteiger partial charge in [-0.05, 0) is 58.2 Å². The maximum Gasteiger partial charge on any atom is 0.191 e. The summed E-state index contributed by atoms with van der Waals surface area (Å²) in [5.41, 5.74) is 1.21. The van der Waals surface area contributed by atoms with Crippen LogP contribution in [0.3, 0.4) is 0 Å². The first kappa shape index (κ1) is 24.1. The summed E-state index contributed by atoms with van der Waals surface area (Å²) in [5, 5.41) is 7.38. The number of nitrogens with zero attached hydrogens (tertiary/aromatic N) is 2. The Labute approximate surface area is 190 Å². The summed E-state index contributed by atoms with van der Waals surface area (Å²) < 4.78 is 18.0. The molecule has 0 amide bonds. The summed E-state index contributed by atoms with van der Waals surface area (Å²) in [7, 11) is 1.03. The number of para-hydroxylation sites is 1. The molecule has 1 saturated carbocycles. The van der Waals surface area contributed by atoms with Gasteiger partial charge in [0.2, 0.25) is 0 Å². The van der Waals surface area contributed by atoms with Crippen LogP contribution >= 0.6 is 0 Å². The number of guanidine groups is 1. The third kappa shape index (κ3) is 6.69. The zero-order chi connectivity index (χ0) is 22.1. The molecule has 1 aliphatic carbocycles. The fourth-order valence-electron chi connectivity index (χ4n) is 4.85. The molecule has 174 valence electrons. The average molecular weight is 449 g/mol. The van der Waals surface area contributed by atoms with Crippen LogP contribution in [-0.2, 0) is 10.8 Å². The molecule has 1 saturated heterocycles. The second kappa shape index (κ2) is 12.4. The standard InChI is InChI=1S/C24H40N4O2S/c1-4-25-24(27-19-11-10-12-20(17-19)31(29)5-2)26-18-22(28-15-8-9-16-28)21-13-6-7-14-23(21)30-3/h6-7,13-14,19-20,22H,4-5,8-12,15-18H2,1-3H3,(H2,25,26,27). The molecule has 1 aromatic carbocycles. The van der Waals surface area contributed by atoms with E-state index in [1.165, 1.54) is 18.4 Å². The molecule has 0 spiro atoms. The van der Waals surface area contributed by atoms with Crippen LogP contribution in [0.1, 0.15) is 64.0 Å². The van der Waals surface area contributed by atoms with Gasteiger partial charge in [-0.1, -0.05) is 31.5 Å². The van der Waals surface area contributed by atoms with Crippen molar-refractivity contribution in [2.45, 2.75) is 69.7 Å². The maximum atomic E-state index is 12.3. The van der Waals surface area contributed by atoms with Gasteiger partial charge in [0.15, 0.2) is 5.96 Å². The molecule has 1 aliphatic heterocycles. The van der Waals surface area contributed by atoms with E-state index in [-0.39, 0.29) is 6.04 Å². The van der Waals surface area contributed by atoms with Crippen molar-refractivity contribution < 1.29 is 8.95 Å². The molecular formula is C24H40N4O2S. The molecule has 2 N–H and O–H groups in total. The number of hydrogen-bond donors (Lipinski definition) is 2. The Kier molecular flexibility index (Phi) is 9.65. The molecule has 1 heterocycles. The van der Waals surface area contributed by atoms with Crippen LogP contribution in [0.4, 0.5) is 0 Å². The summed E-state index contributed by atoms with van der Waals surface area (Å²) in [5.74, 6) is 2.56. The molecule has 0 aromatic heterocycles. The van der Waals surface area contributed by atoms with Crippen LogP contribution in [-0.4, -0.2) is 65.4 Å². The molecule has 4 unspecified atom stereocenters. The molecule has 31 heavy (non-hydrogen) atoms. The first-order valence-electron chi connectivity index (χ1n) is 11.9. The number of hydrogen-bond acceptors (Lipinski definition) is 4. The molecule has 0 bridgehead atoms. The van der Waals surface area contributed by atoms with Gasteiger partial charge in [0.05, 0.1) is 19.7 Å². The second-order valence-corrected chi connectivity index (χ2v) is 10.5. The topological polar surface area (TPSA) is 66.0 Å². The van der Waals surface area contributed by atoms with Crippen molar-refractivity contribution in [3.8, 4) is 5.75 Å². The lowest BCUT2D eigenvalue weighted by Gasteiger charge is -2.31. The van der Waals surface area contributed by atoms with Gasteiger partial charge in [0.25, 0.3) is 0 Å². The SMILES string of the molecule is CCNC(=NCC(c1ccccc1OC)N1CCCC1)NC1CCCC(S(=O)CC)C1. The molecule has 0 radical (unpaired) electrons. The van der Waals surface area contributed by atoms with E-state index in [0.29, 0.717) is 17.8 Å². The minimum Gasteiger partial charge on any atom is -0.496 e. The molecule has 2 aliphatic rings. The molecule has 7 heteroatoms. The fourth-order valence-corrected chi connectivity index (χ4v) is 6.20. The van der Waals surface area contributed by atoms with E-state index < -0.39 is 10.8 Å². The van der Waals surface area contributed by atoms with Crippen molar-refractivity contribution in [2.24, 2.45) is 4.99 Å². The van der Waals surface area contributed by atoms with Crippen molar-refractivity contribution >= 4 is 16.8 Å². The number of nitrogens with one attached hydrogen (secondary N) is 2. The van der Waals surface area contributed by atoms with E-state index in [4.69, 9.17) is 9.73 Å². The Balaban J connectivity index is 1.73. The number of methoxy groups -OCH3 is 1. The summed E-state index contributed by atoms with van der Waals surface area (Å²) in [6.45, 7) is 7.85. The van der Waals surface area contributed by atoms with E-state index in [2.05, 4.69) is 34.6 Å². The van der Waals surface area contributed by atoms with Gasteiger partial charge < -0.3 is 15.4 Å². The molecule has 4 atom stereocenters. The minimum atomic E-state index is -0.715. The third-order valence-electron chi connectivity index (χ3n) is 6.47. The lowest BCUT2D eigenvalue weighted by molar-refractivity contribution is 0.245. The van der Waals surface area contributed by atoms with Crippen LogP contribution in [0.15, 0.2) is 29.3 Å². The highest BCUT2D eigenvalue weighted by atomic mass is 32.2. The van der Waals surface area contributed by atoms with Gasteiger partial charge in [-0.2, -0.15) is 0 Å². The predicted molar refractivity (Wildman–Crippen MR) is 130 cm³/mol. The van der Waals surface area contributed by atoms with E-state index in [1.807, 2.05) is 19.1 Å². The first-order valence-corrected chi connectivity index (χ1v) is 13.3. The summed E-state index contributed by atoms with van der Waals surface area (Å²) in [6, 6.07) is 8.87. The Hall–Kier alpha value is -1.60. The van der Waals surface area contributed by atoms with Gasteiger partial charge >= 0.3 is 0 Å². The minimum absolute atomic E-state index is 0.209. The maximum absolute atomic E-state index is 12.3. The largest absolute Gasteiger partial charge is 0.496 e. The van der Waals surface area contributed by atoms with Crippen LogP contribution < -0.4 is 15.4 Å². The molecule has 1 aromatic rings. The number of likely N-dealkylation sites (tertiary alicyclic amines) is 1. The van der Waals surface area contributed by atoms with Crippen LogP contribution in [0.25, 0.3) is 0 Å². The van der Waals surface area contributed by atoms with E-state index in [9.17, 15) is 4.21 Å². The summed E-state index contributed by atoms with van der Waals surface area (Å²) in [4.78, 5) is 7.55. The van der Waals surface area contributed by atoms with E-state index >= 15 is 0 Å². The smallest absolute Gasteiger partial charge is 0.191 e. The van der Waals surface area contributed by atoms with Crippen LogP contribution in [0, 0.1) is 0 Å². The van der Waals surface area contributed by atoms with E-state index in [0.717, 1.165) is 62.8 Å². The monoisotopic (exact) mass is 448 g/mol. The Morgan fingerprint density at radius 2 is 2.00 bits per heavy atom. The zero-order valence-corrected chi connectivity index (χ0v) is 20.3. The molecule has 3 rings (SSSR count). The number of benzene rings is 1. The van der Waals surface area contributed by atoms with Gasteiger partial charge in [-0.15, -0.1) is 0 Å². The normalized spacial score (nSPS) is 24.5. The van der Waals surface area contributed by atoms with Crippen molar-refractivity contribution in [3.63, 3.8) is 0 Å². The Bertz CT molecular complexity index is 736. The lowest BCUT2D eigenvalue weighted by atomic mass is 9.95. The van der Waals surface area contributed by atoms with Gasteiger partial charge in [-0.25, -0.2) is 0 Å². The highest BCUT2D eigenvalue weighted by molar-refractivity contribution is 7.85. The van der Waals surface area contributed by atoms with Gasteiger partial charge in [-0.3, -0.25) is 14.1 Å². The highest BCUT2D eigenvalue weighted by Crippen LogP contribution is 2.32. The lowest BCUT2D eigenvalue weighted by Crippen LogP contribution is -2.47. The van der Waals surface area contributed by atoms with Crippen molar-refractivity contribution in [3.05, 3.63) is 29.8 Å². The number of aliphatic imine (C=N–C) groups is 1. The van der Waals surface area contributed by atoms with Crippen LogP contribution in [0.5, 0.6) is 5.75 Å². The number of rotatable bonds is 9. The molecule has 2 fully saturated rings. The molecular weight excluding hydrogens is 408 g/mol. The fraction of sp³-hybridized carbons (Fsp3) is 0.708. The molecule has 6 nitrogen and oxygen atoms in total.